The molecule has 0 aliphatic carbocycles. The number of alkyl halides is 3. The van der Waals surface area contributed by atoms with E-state index in [9.17, 15) is 18.0 Å². The minimum atomic E-state index is -4.35. The fourth-order valence-corrected chi connectivity index (χ4v) is 3.05. The molecule has 1 heterocycles. The first-order valence-corrected chi connectivity index (χ1v) is 9.69. The van der Waals surface area contributed by atoms with Crippen LogP contribution in [-0.2, 0) is 19.1 Å². The topological polar surface area (TPSA) is 77.2 Å². The number of carbonyl (C=O) groups is 1. The Hall–Kier alpha value is -3.10. The first-order valence-electron chi connectivity index (χ1n) is 9.31. The van der Waals surface area contributed by atoms with Crippen molar-refractivity contribution in [2.45, 2.75) is 19.1 Å². The van der Waals surface area contributed by atoms with E-state index in [2.05, 4.69) is 10.3 Å². The molecule has 162 valence electrons. The number of amides is 1. The van der Waals surface area contributed by atoms with Crippen LogP contribution in [0.3, 0.4) is 0 Å². The number of nitrogens with two attached hydrogens (primary N) is 1. The van der Waals surface area contributed by atoms with E-state index in [0.717, 1.165) is 17.7 Å². The number of primary amides is 1. The minimum Gasteiger partial charge on any atom is -0.437 e. The highest BCUT2D eigenvalue weighted by molar-refractivity contribution is 6.32. The van der Waals surface area contributed by atoms with E-state index in [4.69, 9.17) is 22.1 Å². The summed E-state index contributed by atoms with van der Waals surface area (Å²) >= 11 is 6.28. The second-order valence-electron chi connectivity index (χ2n) is 6.74. The van der Waals surface area contributed by atoms with Gasteiger partial charge >= 0.3 is 6.18 Å². The molecule has 0 aliphatic heterocycles. The van der Waals surface area contributed by atoms with Crippen LogP contribution in [0.25, 0.3) is 0 Å². The molecule has 9 heteroatoms. The third-order valence-corrected chi connectivity index (χ3v) is 4.70. The maximum atomic E-state index is 12.8. The van der Waals surface area contributed by atoms with Gasteiger partial charge in [0.2, 0.25) is 11.8 Å². The van der Waals surface area contributed by atoms with Crippen LogP contribution in [0.15, 0.2) is 60.8 Å². The fraction of sp³-hybridized carbons (Fsp3) is 0.182. The minimum absolute atomic E-state index is 0.266. The summed E-state index contributed by atoms with van der Waals surface area (Å²) in [6, 6.07) is 13.5. The molecule has 2 aromatic carbocycles. The molecule has 0 saturated heterocycles. The van der Waals surface area contributed by atoms with Crippen molar-refractivity contribution in [2.24, 2.45) is 5.73 Å². The molecule has 0 bridgehead atoms. The van der Waals surface area contributed by atoms with Crippen LogP contribution in [0.5, 0.6) is 11.6 Å². The van der Waals surface area contributed by atoms with E-state index in [1.807, 2.05) is 6.07 Å². The number of rotatable bonds is 8. The third-order valence-electron chi connectivity index (χ3n) is 4.41. The lowest BCUT2D eigenvalue weighted by molar-refractivity contribution is -0.137. The van der Waals surface area contributed by atoms with E-state index in [-0.39, 0.29) is 11.4 Å². The molecular weight excluding hydrogens is 431 g/mol. The summed E-state index contributed by atoms with van der Waals surface area (Å²) in [5.41, 5.74) is 6.28. The molecule has 0 fully saturated rings. The molecule has 5 nitrogen and oxygen atoms in total. The summed E-state index contributed by atoms with van der Waals surface area (Å²) < 4.78 is 43.9. The van der Waals surface area contributed by atoms with Gasteiger partial charge in [0.15, 0.2) is 0 Å². The van der Waals surface area contributed by atoms with Gasteiger partial charge in [-0.3, -0.25) is 4.79 Å². The summed E-state index contributed by atoms with van der Waals surface area (Å²) in [7, 11) is 0. The molecule has 0 saturated carbocycles. The Morgan fingerprint density at radius 3 is 2.55 bits per heavy atom. The zero-order valence-corrected chi connectivity index (χ0v) is 17.0. The molecule has 0 atom stereocenters. The Kier molecular flexibility index (Phi) is 7.14. The van der Waals surface area contributed by atoms with Crippen molar-refractivity contribution in [1.29, 1.82) is 0 Å². The molecule has 3 N–H and O–H groups in total. The van der Waals surface area contributed by atoms with E-state index in [0.29, 0.717) is 35.8 Å². The van der Waals surface area contributed by atoms with Crippen LogP contribution in [0.1, 0.15) is 27.0 Å². The van der Waals surface area contributed by atoms with Crippen molar-refractivity contribution in [2.75, 3.05) is 6.54 Å². The maximum absolute atomic E-state index is 12.8. The maximum Gasteiger partial charge on any atom is 0.416 e. The lowest BCUT2D eigenvalue weighted by Gasteiger charge is -2.11. The highest BCUT2D eigenvalue weighted by atomic mass is 35.5. The number of hydrogen-bond acceptors (Lipinski definition) is 4. The van der Waals surface area contributed by atoms with Gasteiger partial charge in [0.25, 0.3) is 0 Å². The Bertz CT molecular complexity index is 1060. The predicted molar refractivity (Wildman–Crippen MR) is 111 cm³/mol. The number of ether oxygens (including phenoxy) is 1. The SMILES string of the molecule is NC(=O)c1ccc(Oc2ccc(CCNCc3cccc(C(F)(F)F)c3)cc2Cl)nc1. The summed E-state index contributed by atoms with van der Waals surface area (Å²) in [5, 5.41) is 3.51. The van der Waals surface area contributed by atoms with Gasteiger partial charge < -0.3 is 15.8 Å². The molecule has 1 amide bonds. The van der Waals surface area contributed by atoms with Gasteiger partial charge in [0.1, 0.15) is 5.75 Å². The van der Waals surface area contributed by atoms with E-state index >= 15 is 0 Å². The lowest BCUT2D eigenvalue weighted by Crippen LogP contribution is -2.17. The van der Waals surface area contributed by atoms with Crippen molar-refractivity contribution < 1.29 is 22.7 Å². The average molecular weight is 450 g/mol. The largest absolute Gasteiger partial charge is 0.437 e. The molecule has 31 heavy (non-hydrogen) atoms. The van der Waals surface area contributed by atoms with Crippen molar-refractivity contribution in [3.63, 3.8) is 0 Å². The molecule has 0 radical (unpaired) electrons. The zero-order valence-electron chi connectivity index (χ0n) is 16.2. The molecule has 3 rings (SSSR count). The highest BCUT2D eigenvalue weighted by Crippen LogP contribution is 2.30. The van der Waals surface area contributed by atoms with Gasteiger partial charge in [-0.1, -0.05) is 35.9 Å². The Labute approximate surface area is 182 Å². The smallest absolute Gasteiger partial charge is 0.416 e. The first kappa shape index (κ1) is 22.6. The summed E-state index contributed by atoms with van der Waals surface area (Å²) in [4.78, 5) is 15.1. The normalized spacial score (nSPS) is 11.4. The van der Waals surface area contributed by atoms with Crippen LogP contribution in [0.4, 0.5) is 13.2 Å². The van der Waals surface area contributed by atoms with E-state index in [1.54, 1.807) is 18.2 Å². The number of nitrogens with zero attached hydrogens (tertiary/aromatic N) is 1. The number of pyridine rings is 1. The van der Waals surface area contributed by atoms with Crippen molar-refractivity contribution >= 4 is 17.5 Å². The van der Waals surface area contributed by atoms with Crippen LogP contribution in [0, 0.1) is 0 Å². The fourth-order valence-electron chi connectivity index (χ4n) is 2.80. The Morgan fingerprint density at radius 2 is 1.90 bits per heavy atom. The van der Waals surface area contributed by atoms with E-state index < -0.39 is 17.6 Å². The van der Waals surface area contributed by atoms with Gasteiger partial charge in [-0.2, -0.15) is 13.2 Å². The third kappa shape index (κ3) is 6.44. The molecule has 0 spiro atoms. The van der Waals surface area contributed by atoms with E-state index in [1.165, 1.54) is 24.4 Å². The number of halogens is 4. The van der Waals surface area contributed by atoms with Crippen LogP contribution < -0.4 is 15.8 Å². The standard InChI is InChI=1S/C22H19ClF3N3O2/c23-18-11-14(4-6-19(18)31-20-7-5-16(13-29-20)21(27)30)8-9-28-12-15-2-1-3-17(10-15)22(24,25)26/h1-7,10-11,13,28H,8-9,12H2,(H2,27,30). The molecule has 0 unspecified atom stereocenters. The number of aromatic nitrogens is 1. The summed E-state index contributed by atoms with van der Waals surface area (Å²) in [5.74, 6) is 0.0900. The highest BCUT2D eigenvalue weighted by Gasteiger charge is 2.30. The Morgan fingerprint density at radius 1 is 1.10 bits per heavy atom. The summed E-state index contributed by atoms with van der Waals surface area (Å²) in [6.07, 6.45) is -2.41. The van der Waals surface area contributed by atoms with Crippen LogP contribution in [0.2, 0.25) is 5.02 Å². The quantitative estimate of drug-likeness (QED) is 0.476. The number of hydrogen-bond donors (Lipinski definition) is 2. The average Bonchev–Trinajstić information content (AvgIpc) is 2.73. The van der Waals surface area contributed by atoms with Gasteiger partial charge in [-0.25, -0.2) is 4.98 Å². The lowest BCUT2D eigenvalue weighted by atomic mass is 10.1. The number of carbonyl (C=O) groups excluding carboxylic acids is 1. The Balaban J connectivity index is 1.52. The van der Waals surface area contributed by atoms with Gasteiger partial charge in [-0.15, -0.1) is 0 Å². The van der Waals surface area contributed by atoms with Gasteiger partial charge in [0, 0.05) is 18.8 Å². The molecule has 1 aromatic heterocycles. The summed E-state index contributed by atoms with van der Waals surface area (Å²) in [6.45, 7) is 0.884. The predicted octanol–water partition coefficient (Wildman–Crippen LogP) is 4.98. The van der Waals surface area contributed by atoms with Crippen molar-refractivity contribution in [1.82, 2.24) is 10.3 Å². The monoisotopic (exact) mass is 449 g/mol. The van der Waals surface area contributed by atoms with Crippen LogP contribution in [-0.4, -0.2) is 17.4 Å². The molecular formula is C22H19ClF3N3O2. The van der Waals surface area contributed by atoms with Gasteiger partial charge in [0.05, 0.1) is 16.1 Å². The van der Waals surface area contributed by atoms with Crippen molar-refractivity contribution in [3.8, 4) is 11.6 Å². The zero-order chi connectivity index (χ0) is 22.4. The first-order chi connectivity index (χ1) is 14.7. The second kappa shape index (κ2) is 9.80. The molecule has 3 aromatic rings. The van der Waals surface area contributed by atoms with Crippen LogP contribution >= 0.6 is 11.6 Å². The molecule has 0 aliphatic rings. The number of nitrogens with one attached hydrogen (secondary N) is 1. The number of benzene rings is 2. The second-order valence-corrected chi connectivity index (χ2v) is 7.15. The van der Waals surface area contributed by atoms with Gasteiger partial charge in [-0.05, 0) is 48.4 Å². The van der Waals surface area contributed by atoms with Crippen molar-refractivity contribution in [3.05, 3.63) is 88.1 Å².